The van der Waals surface area contributed by atoms with Crippen LogP contribution in [0.2, 0.25) is 0 Å². The first kappa shape index (κ1) is 18.9. The first-order chi connectivity index (χ1) is 13.0. The van der Waals surface area contributed by atoms with Gasteiger partial charge in [0.2, 0.25) is 0 Å². The molecule has 7 nitrogen and oxygen atoms in total. The van der Waals surface area contributed by atoms with E-state index in [-0.39, 0.29) is 12.5 Å². The fourth-order valence-corrected chi connectivity index (χ4v) is 3.24. The molecule has 0 aliphatic carbocycles. The standard InChI is InChI=1S/C19H16IN3O4/c1-27-17-8-12(6-7-15(17)20)19(26)22-21-9-13-10-23(11-18(24)25)16-5-3-2-4-14(13)16/h2-10H,11H2,1H3,(H,22,26)(H,24,25)/b21-9-. The summed E-state index contributed by atoms with van der Waals surface area (Å²) in [6.45, 7) is -0.150. The van der Waals surface area contributed by atoms with E-state index in [0.717, 1.165) is 14.5 Å². The number of aromatic nitrogens is 1. The Labute approximate surface area is 168 Å². The average molecular weight is 477 g/mol. The molecule has 0 radical (unpaired) electrons. The zero-order valence-corrected chi connectivity index (χ0v) is 16.5. The Balaban J connectivity index is 1.80. The third kappa shape index (κ3) is 4.27. The lowest BCUT2D eigenvalue weighted by atomic mass is 10.2. The van der Waals surface area contributed by atoms with Crippen molar-refractivity contribution in [1.82, 2.24) is 9.99 Å². The normalized spacial score (nSPS) is 11.0. The molecule has 0 atom stereocenters. The van der Waals surface area contributed by atoms with Crippen LogP contribution in [0.5, 0.6) is 5.75 Å². The number of hydrogen-bond donors (Lipinski definition) is 2. The van der Waals surface area contributed by atoms with Crippen molar-refractivity contribution in [3.8, 4) is 5.75 Å². The van der Waals surface area contributed by atoms with Crippen LogP contribution in [0, 0.1) is 3.57 Å². The molecule has 27 heavy (non-hydrogen) atoms. The minimum atomic E-state index is -0.930. The second kappa shape index (κ2) is 8.21. The molecule has 0 saturated carbocycles. The van der Waals surface area contributed by atoms with E-state index in [1.807, 2.05) is 24.3 Å². The van der Waals surface area contributed by atoms with E-state index >= 15 is 0 Å². The number of para-hydroxylation sites is 1. The number of carboxylic acid groups (broad SMARTS) is 1. The SMILES string of the molecule is COc1cc(C(=O)N/N=C\c2cn(CC(=O)O)c3ccccc23)ccc1I. The molecule has 0 fully saturated rings. The van der Waals surface area contributed by atoms with E-state index in [9.17, 15) is 9.59 Å². The van der Waals surface area contributed by atoms with E-state index in [1.165, 1.54) is 6.21 Å². The van der Waals surface area contributed by atoms with E-state index in [4.69, 9.17) is 9.84 Å². The summed E-state index contributed by atoms with van der Waals surface area (Å²) in [5.41, 5.74) is 4.41. The smallest absolute Gasteiger partial charge is 0.323 e. The Morgan fingerprint density at radius 2 is 2.07 bits per heavy atom. The molecule has 3 aromatic rings. The number of benzene rings is 2. The van der Waals surface area contributed by atoms with E-state index in [2.05, 4.69) is 33.1 Å². The highest BCUT2D eigenvalue weighted by Crippen LogP contribution is 2.22. The molecule has 8 heteroatoms. The first-order valence-corrected chi connectivity index (χ1v) is 9.04. The van der Waals surface area contributed by atoms with Crippen LogP contribution in [-0.4, -0.2) is 34.9 Å². The summed E-state index contributed by atoms with van der Waals surface area (Å²) in [7, 11) is 1.55. The fraction of sp³-hybridized carbons (Fsp3) is 0.105. The second-order valence-electron chi connectivity index (χ2n) is 5.67. The molecule has 0 saturated heterocycles. The molecule has 0 aliphatic rings. The molecule has 0 unspecified atom stereocenters. The average Bonchev–Trinajstić information content (AvgIpc) is 2.99. The van der Waals surface area contributed by atoms with Crippen molar-refractivity contribution in [3.05, 3.63) is 63.4 Å². The highest BCUT2D eigenvalue weighted by Gasteiger charge is 2.10. The van der Waals surface area contributed by atoms with Crippen LogP contribution in [0.4, 0.5) is 0 Å². The zero-order valence-electron chi connectivity index (χ0n) is 14.3. The van der Waals surface area contributed by atoms with Gasteiger partial charge in [0.25, 0.3) is 5.91 Å². The second-order valence-corrected chi connectivity index (χ2v) is 6.83. The predicted molar refractivity (Wildman–Crippen MR) is 110 cm³/mol. The predicted octanol–water partition coefficient (Wildman–Crippen LogP) is 3.10. The summed E-state index contributed by atoms with van der Waals surface area (Å²) >= 11 is 2.12. The molecule has 3 rings (SSSR count). The summed E-state index contributed by atoms with van der Waals surface area (Å²) in [6, 6.07) is 12.5. The lowest BCUT2D eigenvalue weighted by Gasteiger charge is -2.05. The highest BCUT2D eigenvalue weighted by molar-refractivity contribution is 14.1. The zero-order chi connectivity index (χ0) is 19.4. The van der Waals surface area contributed by atoms with Gasteiger partial charge in [0.05, 0.1) is 16.9 Å². The molecule has 0 aliphatic heterocycles. The minimum absolute atomic E-state index is 0.150. The largest absolute Gasteiger partial charge is 0.496 e. The van der Waals surface area contributed by atoms with Gasteiger partial charge in [-0.3, -0.25) is 9.59 Å². The third-order valence-corrected chi connectivity index (χ3v) is 4.80. The van der Waals surface area contributed by atoms with Gasteiger partial charge in [0.15, 0.2) is 0 Å². The van der Waals surface area contributed by atoms with Gasteiger partial charge < -0.3 is 14.4 Å². The Bertz CT molecular complexity index is 1040. The highest BCUT2D eigenvalue weighted by atomic mass is 127. The van der Waals surface area contributed by atoms with Crippen molar-refractivity contribution < 1.29 is 19.4 Å². The van der Waals surface area contributed by atoms with Gasteiger partial charge in [-0.25, -0.2) is 5.43 Å². The number of carboxylic acids is 1. The van der Waals surface area contributed by atoms with Crippen LogP contribution in [0.25, 0.3) is 10.9 Å². The Morgan fingerprint density at radius 3 is 2.81 bits per heavy atom. The molecule has 2 N–H and O–H groups in total. The number of aliphatic carboxylic acids is 1. The van der Waals surface area contributed by atoms with Crippen LogP contribution < -0.4 is 10.2 Å². The number of carbonyl (C=O) groups excluding carboxylic acids is 1. The molecule has 1 aromatic heterocycles. The summed E-state index contributed by atoms with van der Waals surface area (Å²) < 4.78 is 7.75. The number of halogens is 1. The van der Waals surface area contributed by atoms with Crippen LogP contribution in [0.3, 0.4) is 0 Å². The number of hydrogen-bond acceptors (Lipinski definition) is 4. The number of amides is 1. The van der Waals surface area contributed by atoms with Crippen molar-refractivity contribution in [1.29, 1.82) is 0 Å². The van der Waals surface area contributed by atoms with Crippen LogP contribution in [0.1, 0.15) is 15.9 Å². The molecular formula is C19H16IN3O4. The number of nitrogens with zero attached hydrogens (tertiary/aromatic N) is 2. The lowest BCUT2D eigenvalue weighted by molar-refractivity contribution is -0.137. The van der Waals surface area contributed by atoms with Gasteiger partial charge in [0.1, 0.15) is 12.3 Å². The number of fused-ring (bicyclic) bond motifs is 1. The minimum Gasteiger partial charge on any atom is -0.496 e. The molecule has 1 amide bonds. The number of methoxy groups -OCH3 is 1. The van der Waals surface area contributed by atoms with Crippen LogP contribution >= 0.6 is 22.6 Å². The number of ether oxygens (including phenoxy) is 1. The van der Waals surface area contributed by atoms with Crippen molar-refractivity contribution in [2.45, 2.75) is 6.54 Å². The van der Waals surface area contributed by atoms with E-state index < -0.39 is 5.97 Å². The third-order valence-electron chi connectivity index (χ3n) is 3.91. The molecule has 1 heterocycles. The lowest BCUT2D eigenvalue weighted by Crippen LogP contribution is -2.17. The van der Waals surface area contributed by atoms with Gasteiger partial charge in [-0.15, -0.1) is 0 Å². The number of nitrogens with one attached hydrogen (secondary N) is 1. The van der Waals surface area contributed by atoms with Gasteiger partial charge >= 0.3 is 5.97 Å². The molecule has 0 bridgehead atoms. The van der Waals surface area contributed by atoms with Crippen molar-refractivity contribution in [3.63, 3.8) is 0 Å². The van der Waals surface area contributed by atoms with Gasteiger partial charge in [0, 0.05) is 28.2 Å². The number of rotatable bonds is 6. The van der Waals surface area contributed by atoms with Crippen molar-refractivity contribution in [2.75, 3.05) is 7.11 Å². The molecule has 0 spiro atoms. The maximum absolute atomic E-state index is 12.3. The summed E-state index contributed by atoms with van der Waals surface area (Å²) in [6.07, 6.45) is 3.20. The van der Waals surface area contributed by atoms with Crippen molar-refractivity contribution in [2.24, 2.45) is 5.10 Å². The first-order valence-electron chi connectivity index (χ1n) is 7.96. The molecule has 2 aromatic carbocycles. The Hall–Kier alpha value is -2.88. The quantitative estimate of drug-likeness (QED) is 0.324. The summed E-state index contributed by atoms with van der Waals surface area (Å²) in [5, 5.41) is 13.9. The van der Waals surface area contributed by atoms with Gasteiger partial charge in [-0.2, -0.15) is 5.10 Å². The molecular weight excluding hydrogens is 461 g/mol. The monoisotopic (exact) mass is 477 g/mol. The van der Waals surface area contributed by atoms with E-state index in [1.54, 1.807) is 36.1 Å². The summed E-state index contributed by atoms with van der Waals surface area (Å²) in [4.78, 5) is 23.3. The number of hydrazone groups is 1. The Kier molecular flexibility index (Phi) is 5.75. The van der Waals surface area contributed by atoms with Crippen LogP contribution in [-0.2, 0) is 11.3 Å². The van der Waals surface area contributed by atoms with Crippen molar-refractivity contribution >= 4 is 51.6 Å². The van der Waals surface area contributed by atoms with Crippen LogP contribution in [0.15, 0.2) is 53.8 Å². The topological polar surface area (TPSA) is 92.9 Å². The Morgan fingerprint density at radius 1 is 1.30 bits per heavy atom. The maximum atomic E-state index is 12.3. The fourth-order valence-electron chi connectivity index (χ4n) is 2.68. The maximum Gasteiger partial charge on any atom is 0.323 e. The number of carbonyl (C=O) groups is 2. The van der Waals surface area contributed by atoms with E-state index in [0.29, 0.717) is 16.9 Å². The van der Waals surface area contributed by atoms with Gasteiger partial charge in [-0.1, -0.05) is 18.2 Å². The summed E-state index contributed by atoms with van der Waals surface area (Å²) in [5.74, 6) is -0.681. The van der Waals surface area contributed by atoms with Gasteiger partial charge in [-0.05, 0) is 46.9 Å². The molecule has 138 valence electrons.